The molecule has 0 bridgehead atoms. The van der Waals surface area contributed by atoms with Gasteiger partial charge in [-0.1, -0.05) is 6.92 Å². The van der Waals surface area contributed by atoms with Gasteiger partial charge in [-0.2, -0.15) is 0 Å². The first-order valence-electron chi connectivity index (χ1n) is 4.32. The Labute approximate surface area is 72.5 Å². The lowest BCUT2D eigenvalue weighted by molar-refractivity contribution is -0.129. The van der Waals surface area contributed by atoms with Crippen LogP contribution in [0.15, 0.2) is 0 Å². The average Bonchev–Trinajstić information content (AvgIpc) is 1.95. The zero-order valence-corrected chi connectivity index (χ0v) is 7.38. The van der Waals surface area contributed by atoms with Crippen molar-refractivity contribution in [1.29, 1.82) is 0 Å². The molecule has 0 spiro atoms. The van der Waals surface area contributed by atoms with E-state index in [0.29, 0.717) is 19.1 Å². The molecular weight excluding hydrogens is 156 g/mol. The summed E-state index contributed by atoms with van der Waals surface area (Å²) < 4.78 is 5.28. The molecule has 1 fully saturated rings. The van der Waals surface area contributed by atoms with E-state index >= 15 is 0 Å². The number of nitrogens with two attached hydrogens (primary N) is 1. The smallest absolute Gasteiger partial charge is 0.247 e. The van der Waals surface area contributed by atoms with E-state index in [4.69, 9.17) is 10.5 Å². The lowest BCUT2D eigenvalue weighted by atomic mass is 10.1. The lowest BCUT2D eigenvalue weighted by Gasteiger charge is -2.21. The van der Waals surface area contributed by atoms with Gasteiger partial charge in [-0.3, -0.25) is 4.79 Å². The predicted molar refractivity (Wildman–Crippen MR) is 45.6 cm³/mol. The highest BCUT2D eigenvalue weighted by Crippen LogP contribution is 2.05. The van der Waals surface area contributed by atoms with Crippen LogP contribution in [0.25, 0.3) is 0 Å². The molecule has 2 atom stereocenters. The molecule has 0 aromatic carbocycles. The molecule has 1 saturated heterocycles. The minimum absolute atomic E-state index is 0.378. The maximum absolute atomic E-state index is 10.8. The van der Waals surface area contributed by atoms with Gasteiger partial charge in [-0.05, 0) is 18.9 Å². The SMILES string of the molecule is CC1CCO[C@H](C(N)=O)CNC1. The fourth-order valence-electron chi connectivity index (χ4n) is 1.22. The number of carbonyl (C=O) groups is 1. The van der Waals surface area contributed by atoms with Crippen molar-refractivity contribution in [2.45, 2.75) is 19.4 Å². The number of hydrogen-bond acceptors (Lipinski definition) is 3. The van der Waals surface area contributed by atoms with Crippen LogP contribution in [-0.2, 0) is 9.53 Å². The lowest BCUT2D eigenvalue weighted by Crippen LogP contribution is -2.43. The van der Waals surface area contributed by atoms with E-state index < -0.39 is 6.10 Å². The van der Waals surface area contributed by atoms with Gasteiger partial charge in [0, 0.05) is 13.2 Å². The van der Waals surface area contributed by atoms with Crippen molar-refractivity contribution < 1.29 is 9.53 Å². The van der Waals surface area contributed by atoms with Crippen LogP contribution < -0.4 is 11.1 Å². The molecular formula is C8H16N2O2. The molecule has 1 heterocycles. The average molecular weight is 172 g/mol. The summed E-state index contributed by atoms with van der Waals surface area (Å²) in [5, 5.41) is 3.14. The van der Waals surface area contributed by atoms with E-state index in [1.165, 1.54) is 0 Å². The van der Waals surface area contributed by atoms with E-state index in [9.17, 15) is 4.79 Å². The van der Waals surface area contributed by atoms with Crippen LogP contribution in [0.1, 0.15) is 13.3 Å². The number of amides is 1. The van der Waals surface area contributed by atoms with Crippen LogP contribution in [0.5, 0.6) is 0 Å². The Morgan fingerprint density at radius 1 is 1.58 bits per heavy atom. The molecule has 0 saturated carbocycles. The highest BCUT2D eigenvalue weighted by atomic mass is 16.5. The first-order chi connectivity index (χ1) is 5.70. The molecule has 4 nitrogen and oxygen atoms in total. The summed E-state index contributed by atoms with van der Waals surface area (Å²) in [5.41, 5.74) is 5.12. The van der Waals surface area contributed by atoms with Crippen LogP contribution in [0.4, 0.5) is 0 Å². The Morgan fingerprint density at radius 3 is 3.00 bits per heavy atom. The number of ether oxygens (including phenoxy) is 1. The Balaban J connectivity index is 2.35. The van der Waals surface area contributed by atoms with Gasteiger partial charge in [0.15, 0.2) is 0 Å². The van der Waals surface area contributed by atoms with Crippen LogP contribution in [0.2, 0.25) is 0 Å². The highest BCUT2D eigenvalue weighted by Gasteiger charge is 2.18. The van der Waals surface area contributed by atoms with Gasteiger partial charge in [-0.15, -0.1) is 0 Å². The summed E-state index contributed by atoms with van der Waals surface area (Å²) in [4.78, 5) is 10.8. The second-order valence-electron chi connectivity index (χ2n) is 3.31. The number of carbonyl (C=O) groups excluding carboxylic acids is 1. The van der Waals surface area contributed by atoms with Gasteiger partial charge in [0.05, 0.1) is 0 Å². The Morgan fingerprint density at radius 2 is 2.33 bits per heavy atom. The van der Waals surface area contributed by atoms with Crippen molar-refractivity contribution >= 4 is 5.91 Å². The largest absolute Gasteiger partial charge is 0.367 e. The zero-order chi connectivity index (χ0) is 8.97. The van der Waals surface area contributed by atoms with E-state index in [1.807, 2.05) is 0 Å². The fraction of sp³-hybridized carbons (Fsp3) is 0.875. The van der Waals surface area contributed by atoms with Gasteiger partial charge < -0.3 is 15.8 Å². The predicted octanol–water partition coefficient (Wildman–Crippen LogP) is -0.514. The summed E-state index contributed by atoms with van der Waals surface area (Å²) >= 11 is 0. The monoisotopic (exact) mass is 172 g/mol. The quantitative estimate of drug-likeness (QED) is 0.559. The van der Waals surface area contributed by atoms with Crippen molar-refractivity contribution in [1.82, 2.24) is 5.32 Å². The first-order valence-corrected chi connectivity index (χ1v) is 4.32. The summed E-state index contributed by atoms with van der Waals surface area (Å²) in [5.74, 6) is 0.232. The van der Waals surface area contributed by atoms with E-state index in [0.717, 1.165) is 13.0 Å². The fourth-order valence-corrected chi connectivity index (χ4v) is 1.22. The summed E-state index contributed by atoms with van der Waals surface area (Å²) in [7, 11) is 0. The van der Waals surface area contributed by atoms with Gasteiger partial charge in [0.25, 0.3) is 0 Å². The second kappa shape index (κ2) is 4.42. The molecule has 1 aliphatic heterocycles. The van der Waals surface area contributed by atoms with Crippen molar-refractivity contribution in [2.75, 3.05) is 19.7 Å². The molecule has 0 aliphatic carbocycles. The molecule has 1 aliphatic rings. The third kappa shape index (κ3) is 2.79. The molecule has 0 aromatic rings. The van der Waals surface area contributed by atoms with Crippen molar-refractivity contribution in [3.8, 4) is 0 Å². The van der Waals surface area contributed by atoms with Crippen LogP contribution in [0, 0.1) is 5.92 Å². The first kappa shape index (κ1) is 9.48. The van der Waals surface area contributed by atoms with Crippen LogP contribution >= 0.6 is 0 Å². The number of hydrogen-bond donors (Lipinski definition) is 2. The molecule has 0 aromatic heterocycles. The highest BCUT2D eigenvalue weighted by molar-refractivity contribution is 5.79. The Hall–Kier alpha value is -0.610. The minimum Gasteiger partial charge on any atom is -0.367 e. The summed E-state index contributed by atoms with van der Waals surface area (Å²) in [6.07, 6.45) is 0.536. The van der Waals surface area contributed by atoms with Gasteiger partial charge in [-0.25, -0.2) is 0 Å². The third-order valence-corrected chi connectivity index (χ3v) is 2.07. The normalized spacial score (nSPS) is 32.1. The van der Waals surface area contributed by atoms with Crippen molar-refractivity contribution in [2.24, 2.45) is 11.7 Å². The standard InChI is InChI=1S/C8H16N2O2/c1-6-2-3-12-7(8(9)11)5-10-4-6/h6-7,10H,2-5H2,1H3,(H2,9,11)/t6?,7-/m0/s1. The maximum atomic E-state index is 10.8. The zero-order valence-electron chi connectivity index (χ0n) is 7.38. The van der Waals surface area contributed by atoms with Crippen LogP contribution in [-0.4, -0.2) is 31.7 Å². The number of primary amides is 1. The maximum Gasteiger partial charge on any atom is 0.247 e. The molecule has 1 amide bonds. The summed E-state index contributed by atoms with van der Waals surface area (Å²) in [6.45, 7) is 4.27. The van der Waals surface area contributed by atoms with Gasteiger partial charge in [0.1, 0.15) is 6.10 Å². The van der Waals surface area contributed by atoms with E-state index in [-0.39, 0.29) is 5.91 Å². The molecule has 3 N–H and O–H groups in total. The van der Waals surface area contributed by atoms with Crippen molar-refractivity contribution in [3.63, 3.8) is 0 Å². The molecule has 70 valence electrons. The number of rotatable bonds is 1. The van der Waals surface area contributed by atoms with Gasteiger partial charge >= 0.3 is 0 Å². The molecule has 12 heavy (non-hydrogen) atoms. The molecule has 1 unspecified atom stereocenters. The van der Waals surface area contributed by atoms with Gasteiger partial charge in [0.2, 0.25) is 5.91 Å². The molecule has 1 rings (SSSR count). The number of nitrogens with one attached hydrogen (secondary N) is 1. The molecule has 4 heteroatoms. The van der Waals surface area contributed by atoms with E-state index in [2.05, 4.69) is 12.2 Å². The Bertz CT molecular complexity index is 151. The van der Waals surface area contributed by atoms with Crippen LogP contribution in [0.3, 0.4) is 0 Å². The summed E-state index contributed by atoms with van der Waals surface area (Å²) in [6, 6.07) is 0. The topological polar surface area (TPSA) is 64.3 Å². The second-order valence-corrected chi connectivity index (χ2v) is 3.31. The third-order valence-electron chi connectivity index (χ3n) is 2.07. The minimum atomic E-state index is -0.447. The Kier molecular flexibility index (Phi) is 3.49. The van der Waals surface area contributed by atoms with E-state index in [1.54, 1.807) is 0 Å². The van der Waals surface area contributed by atoms with Crippen molar-refractivity contribution in [3.05, 3.63) is 0 Å². The molecule has 0 radical (unpaired) electrons.